The third kappa shape index (κ3) is 1.90. The highest BCUT2D eigenvalue weighted by Crippen LogP contribution is 2.32. The molecule has 1 heterocycles. The molecule has 1 atom stereocenters. The largest absolute Gasteiger partial charge is 0.481 e. The van der Waals surface area contributed by atoms with Gasteiger partial charge in [-0.2, -0.15) is 0 Å². The lowest BCUT2D eigenvalue weighted by atomic mass is 9.98. The highest BCUT2D eigenvalue weighted by molar-refractivity contribution is 5.92. The molecule has 0 aliphatic carbocycles. The van der Waals surface area contributed by atoms with E-state index in [1.54, 1.807) is 6.92 Å². The second kappa shape index (κ2) is 4.48. The van der Waals surface area contributed by atoms with Gasteiger partial charge in [-0.3, -0.25) is 4.79 Å². The normalized spacial score (nSPS) is 13.2. The summed E-state index contributed by atoms with van der Waals surface area (Å²) < 4.78 is 2.15. The summed E-state index contributed by atoms with van der Waals surface area (Å²) in [6.45, 7) is 7.99. The van der Waals surface area contributed by atoms with E-state index in [9.17, 15) is 9.90 Å². The lowest BCUT2D eigenvalue weighted by Gasteiger charge is -2.09. The van der Waals surface area contributed by atoms with Crippen LogP contribution in [-0.4, -0.2) is 15.6 Å². The highest BCUT2D eigenvalue weighted by Gasteiger charge is 2.21. The lowest BCUT2D eigenvalue weighted by Crippen LogP contribution is -2.07. The predicted octanol–water partition coefficient (Wildman–Crippen LogP) is 3.72. The van der Waals surface area contributed by atoms with Gasteiger partial charge < -0.3 is 9.67 Å². The zero-order chi connectivity index (χ0) is 13.4. The molecule has 3 heteroatoms. The molecule has 0 saturated heterocycles. The molecule has 0 radical (unpaired) electrons. The highest BCUT2D eigenvalue weighted by atomic mass is 16.4. The van der Waals surface area contributed by atoms with Crippen molar-refractivity contribution < 1.29 is 9.90 Å². The van der Waals surface area contributed by atoms with Gasteiger partial charge in [0, 0.05) is 23.1 Å². The molecule has 2 aromatic rings. The Morgan fingerprint density at radius 3 is 2.50 bits per heavy atom. The molecule has 3 nitrogen and oxygen atoms in total. The summed E-state index contributed by atoms with van der Waals surface area (Å²) >= 11 is 0. The number of carbonyl (C=O) groups is 1. The molecule has 0 aliphatic rings. The molecule has 96 valence electrons. The second-order valence-electron chi connectivity index (χ2n) is 5.11. The minimum Gasteiger partial charge on any atom is -0.481 e. The van der Waals surface area contributed by atoms with Crippen molar-refractivity contribution >= 4 is 16.9 Å². The van der Waals surface area contributed by atoms with E-state index in [-0.39, 0.29) is 0 Å². The molecule has 0 aliphatic heterocycles. The molecule has 18 heavy (non-hydrogen) atoms. The number of benzene rings is 1. The fourth-order valence-corrected chi connectivity index (χ4v) is 2.42. The van der Waals surface area contributed by atoms with E-state index in [1.807, 2.05) is 25.3 Å². The van der Waals surface area contributed by atoms with E-state index in [0.717, 1.165) is 22.0 Å². The van der Waals surface area contributed by atoms with Crippen molar-refractivity contribution in [1.82, 2.24) is 4.57 Å². The number of carboxylic acids is 1. The summed E-state index contributed by atoms with van der Waals surface area (Å²) in [5.41, 5.74) is 3.16. The first-order valence-electron chi connectivity index (χ1n) is 6.26. The van der Waals surface area contributed by atoms with Crippen LogP contribution in [0.2, 0.25) is 0 Å². The van der Waals surface area contributed by atoms with Gasteiger partial charge in [0.05, 0.1) is 5.92 Å². The maximum Gasteiger partial charge on any atom is 0.310 e. The van der Waals surface area contributed by atoms with Crippen molar-refractivity contribution in [2.24, 2.45) is 0 Å². The monoisotopic (exact) mass is 245 g/mol. The van der Waals surface area contributed by atoms with Gasteiger partial charge in [-0.15, -0.1) is 0 Å². The number of nitrogens with zero attached hydrogens (tertiary/aromatic N) is 1. The maximum absolute atomic E-state index is 11.2. The fourth-order valence-electron chi connectivity index (χ4n) is 2.42. The van der Waals surface area contributed by atoms with Crippen molar-refractivity contribution in [3.63, 3.8) is 0 Å². The van der Waals surface area contributed by atoms with E-state index < -0.39 is 11.9 Å². The van der Waals surface area contributed by atoms with Crippen LogP contribution in [0.5, 0.6) is 0 Å². The van der Waals surface area contributed by atoms with E-state index in [1.165, 1.54) is 0 Å². The Balaban J connectivity index is 2.78. The predicted molar refractivity (Wildman–Crippen MR) is 73.1 cm³/mol. The Morgan fingerprint density at radius 1 is 1.28 bits per heavy atom. The molecule has 2 rings (SSSR count). The molecule has 0 fully saturated rings. The summed E-state index contributed by atoms with van der Waals surface area (Å²) in [6, 6.07) is 6.43. The average molecular weight is 245 g/mol. The Morgan fingerprint density at radius 2 is 1.94 bits per heavy atom. The zero-order valence-electron chi connectivity index (χ0n) is 11.3. The van der Waals surface area contributed by atoms with Gasteiger partial charge in [-0.05, 0) is 44.9 Å². The van der Waals surface area contributed by atoms with E-state index in [2.05, 4.69) is 24.5 Å². The Bertz CT molecular complexity index is 596. The molecule has 0 amide bonds. The lowest BCUT2D eigenvalue weighted by molar-refractivity contribution is -0.138. The van der Waals surface area contributed by atoms with Gasteiger partial charge >= 0.3 is 5.97 Å². The third-order valence-corrected chi connectivity index (χ3v) is 3.49. The number of aliphatic carboxylic acids is 1. The van der Waals surface area contributed by atoms with Gasteiger partial charge in [0.2, 0.25) is 0 Å². The molecule has 1 aromatic heterocycles. The molecule has 1 unspecified atom stereocenters. The summed E-state index contributed by atoms with van der Waals surface area (Å²) in [7, 11) is 0. The number of hydrogen-bond donors (Lipinski definition) is 1. The van der Waals surface area contributed by atoms with Gasteiger partial charge in [0.1, 0.15) is 0 Å². The summed E-state index contributed by atoms with van der Waals surface area (Å²) in [5, 5.41) is 10.3. The van der Waals surface area contributed by atoms with E-state index in [4.69, 9.17) is 0 Å². The number of carboxylic acid groups (broad SMARTS) is 1. The summed E-state index contributed by atoms with van der Waals surface area (Å²) in [4.78, 5) is 11.2. The first kappa shape index (κ1) is 12.7. The van der Waals surface area contributed by atoms with Crippen molar-refractivity contribution in [2.75, 3.05) is 0 Å². The van der Waals surface area contributed by atoms with Gasteiger partial charge in [0.25, 0.3) is 0 Å². The molecular weight excluding hydrogens is 226 g/mol. The van der Waals surface area contributed by atoms with Crippen LogP contribution >= 0.6 is 0 Å². The van der Waals surface area contributed by atoms with Crippen LogP contribution < -0.4 is 0 Å². The molecule has 0 bridgehead atoms. The van der Waals surface area contributed by atoms with Crippen LogP contribution in [0, 0.1) is 6.92 Å². The minimum atomic E-state index is -0.777. The fraction of sp³-hybridized carbons (Fsp3) is 0.400. The topological polar surface area (TPSA) is 42.2 Å². The zero-order valence-corrected chi connectivity index (χ0v) is 11.3. The van der Waals surface area contributed by atoms with Gasteiger partial charge in [0.15, 0.2) is 0 Å². The van der Waals surface area contributed by atoms with E-state index in [0.29, 0.717) is 6.04 Å². The van der Waals surface area contributed by atoms with Crippen molar-refractivity contribution in [3.05, 3.63) is 35.5 Å². The molecule has 1 N–H and O–H groups in total. The minimum absolute atomic E-state index is 0.323. The number of aromatic nitrogens is 1. The first-order valence-corrected chi connectivity index (χ1v) is 6.26. The smallest absolute Gasteiger partial charge is 0.310 e. The number of hydrogen-bond acceptors (Lipinski definition) is 1. The van der Waals surface area contributed by atoms with Crippen LogP contribution in [0.25, 0.3) is 10.9 Å². The average Bonchev–Trinajstić information content (AvgIpc) is 2.68. The van der Waals surface area contributed by atoms with Crippen LogP contribution in [0.4, 0.5) is 0 Å². The molecule has 0 saturated carbocycles. The van der Waals surface area contributed by atoms with Crippen LogP contribution in [0.1, 0.15) is 43.9 Å². The van der Waals surface area contributed by atoms with Crippen LogP contribution in [0.15, 0.2) is 24.4 Å². The molecule has 1 aromatic carbocycles. The maximum atomic E-state index is 11.2. The van der Waals surface area contributed by atoms with Gasteiger partial charge in [-0.1, -0.05) is 12.1 Å². The van der Waals surface area contributed by atoms with Crippen molar-refractivity contribution in [2.45, 2.75) is 39.7 Å². The Kier molecular flexibility index (Phi) is 3.16. The number of fused-ring (bicyclic) bond motifs is 1. The van der Waals surface area contributed by atoms with Crippen LogP contribution in [0.3, 0.4) is 0 Å². The first-order chi connectivity index (χ1) is 8.43. The molecular formula is C15H19NO2. The quantitative estimate of drug-likeness (QED) is 0.895. The SMILES string of the molecule is Cc1cccc2c1c(C(C)C(=O)O)cn2C(C)C. The summed E-state index contributed by atoms with van der Waals surface area (Å²) in [5.74, 6) is -1.25. The van der Waals surface area contributed by atoms with Crippen LogP contribution in [-0.2, 0) is 4.79 Å². The van der Waals surface area contributed by atoms with E-state index >= 15 is 0 Å². The standard InChI is InChI=1S/C15H19NO2/c1-9(2)16-8-12(11(4)15(17)18)14-10(3)6-5-7-13(14)16/h5-9,11H,1-4H3,(H,17,18). The number of rotatable bonds is 3. The Hall–Kier alpha value is -1.77. The van der Waals surface area contributed by atoms with Gasteiger partial charge in [-0.25, -0.2) is 0 Å². The van der Waals surface area contributed by atoms with Crippen molar-refractivity contribution in [1.29, 1.82) is 0 Å². The summed E-state index contributed by atoms with van der Waals surface area (Å²) in [6.07, 6.45) is 1.99. The second-order valence-corrected chi connectivity index (χ2v) is 5.11. The third-order valence-electron chi connectivity index (χ3n) is 3.49. The number of aryl methyl sites for hydroxylation is 1. The van der Waals surface area contributed by atoms with Crippen molar-refractivity contribution in [3.8, 4) is 0 Å². The Labute approximate surface area is 107 Å². The molecule has 0 spiro atoms.